The van der Waals surface area contributed by atoms with Crippen molar-refractivity contribution in [3.63, 3.8) is 0 Å². The van der Waals surface area contributed by atoms with Gasteiger partial charge in [-0.3, -0.25) is 4.68 Å². The van der Waals surface area contributed by atoms with Crippen molar-refractivity contribution in [3.05, 3.63) is 46.7 Å². The number of nitrogens with zero attached hydrogens (tertiary/aromatic N) is 4. The largest absolute Gasteiger partial charge is 0.409 e. The summed E-state index contributed by atoms with van der Waals surface area (Å²) in [4.78, 5) is 0. The predicted octanol–water partition coefficient (Wildman–Crippen LogP) is 0.816. The van der Waals surface area contributed by atoms with Crippen LogP contribution in [0.25, 0.3) is 0 Å². The van der Waals surface area contributed by atoms with Gasteiger partial charge in [-0.1, -0.05) is 34.1 Å². The molecule has 0 aliphatic carbocycles. The molecule has 1 heterocycles. The first-order valence-corrected chi connectivity index (χ1v) is 6.39. The highest BCUT2D eigenvalue weighted by atomic mass is 35.5. The molecule has 4 N–H and O–H groups in total. The predicted molar refractivity (Wildman–Crippen MR) is 75.7 cm³/mol. The second-order valence-corrected chi connectivity index (χ2v) is 4.54. The van der Waals surface area contributed by atoms with Crippen molar-refractivity contribution in [2.24, 2.45) is 10.9 Å². The molecule has 0 aliphatic rings. The Bertz CT molecular complexity index is 584. The second-order valence-electron chi connectivity index (χ2n) is 4.13. The Hall–Kier alpha value is -2.12. The lowest BCUT2D eigenvalue weighted by Gasteiger charge is -2.08. The quantitative estimate of drug-likeness (QED) is 0.241. The van der Waals surface area contributed by atoms with Crippen LogP contribution < -0.4 is 11.1 Å². The minimum Gasteiger partial charge on any atom is -0.409 e. The van der Waals surface area contributed by atoms with Crippen LogP contribution in [0.15, 0.2) is 35.7 Å². The molecule has 2 rings (SSSR count). The number of hydrogen-bond donors (Lipinski definition) is 3. The molecule has 0 fully saturated rings. The molecule has 106 valence electrons. The summed E-state index contributed by atoms with van der Waals surface area (Å²) in [6, 6.07) is 5.28. The Morgan fingerprint density at radius 1 is 1.50 bits per heavy atom. The molecule has 0 unspecified atom stereocenters. The third-order valence-corrected chi connectivity index (χ3v) is 3.11. The Balaban J connectivity index is 1.87. The SMILES string of the molecule is N/C(=N/O)c1ccc(CNCCn2ccnn2)c(Cl)c1. The number of hydrogen-bond acceptors (Lipinski definition) is 5. The van der Waals surface area contributed by atoms with Crippen LogP contribution in [0, 0.1) is 0 Å². The number of nitrogens with one attached hydrogen (secondary N) is 1. The Labute approximate surface area is 121 Å². The fourth-order valence-corrected chi connectivity index (χ4v) is 1.92. The van der Waals surface area contributed by atoms with Gasteiger partial charge in [0.1, 0.15) is 0 Å². The van der Waals surface area contributed by atoms with E-state index >= 15 is 0 Å². The maximum atomic E-state index is 8.61. The molecule has 0 radical (unpaired) electrons. The lowest BCUT2D eigenvalue weighted by Crippen LogP contribution is -2.20. The molecule has 0 saturated carbocycles. The average molecular weight is 295 g/mol. The maximum absolute atomic E-state index is 8.61. The van der Waals surface area contributed by atoms with Crippen LogP contribution in [-0.4, -0.2) is 32.6 Å². The van der Waals surface area contributed by atoms with E-state index in [1.807, 2.05) is 6.07 Å². The van der Waals surface area contributed by atoms with Gasteiger partial charge in [0.2, 0.25) is 0 Å². The van der Waals surface area contributed by atoms with Gasteiger partial charge in [-0.2, -0.15) is 0 Å². The van der Waals surface area contributed by atoms with Crippen molar-refractivity contribution < 1.29 is 5.21 Å². The highest BCUT2D eigenvalue weighted by Crippen LogP contribution is 2.17. The second kappa shape index (κ2) is 6.88. The molecule has 0 atom stereocenters. The van der Waals surface area contributed by atoms with Crippen molar-refractivity contribution in [1.82, 2.24) is 20.3 Å². The standard InChI is InChI=1S/C12H15ClN6O/c13-11-7-9(12(14)17-20)1-2-10(11)8-15-3-5-19-6-4-16-18-19/h1-2,4,6-7,15,20H,3,5,8H2,(H2,14,17). The van der Waals surface area contributed by atoms with E-state index in [1.165, 1.54) is 0 Å². The van der Waals surface area contributed by atoms with Gasteiger partial charge >= 0.3 is 0 Å². The van der Waals surface area contributed by atoms with Gasteiger partial charge < -0.3 is 16.3 Å². The minimum absolute atomic E-state index is 0.0394. The molecular formula is C12H15ClN6O. The summed E-state index contributed by atoms with van der Waals surface area (Å²) in [6.45, 7) is 2.12. The summed E-state index contributed by atoms with van der Waals surface area (Å²) < 4.78 is 1.75. The van der Waals surface area contributed by atoms with E-state index in [9.17, 15) is 0 Å². The van der Waals surface area contributed by atoms with Gasteiger partial charge in [0.15, 0.2) is 5.84 Å². The van der Waals surface area contributed by atoms with Crippen LogP contribution in [0.3, 0.4) is 0 Å². The summed E-state index contributed by atoms with van der Waals surface area (Å²) >= 11 is 6.15. The van der Waals surface area contributed by atoms with E-state index in [2.05, 4.69) is 20.8 Å². The number of nitrogens with two attached hydrogens (primary N) is 1. The zero-order chi connectivity index (χ0) is 14.4. The number of halogens is 1. The third kappa shape index (κ3) is 3.69. The van der Waals surface area contributed by atoms with E-state index in [0.29, 0.717) is 17.1 Å². The van der Waals surface area contributed by atoms with Crippen LogP contribution >= 0.6 is 11.6 Å². The molecule has 2 aromatic rings. The van der Waals surface area contributed by atoms with E-state index < -0.39 is 0 Å². The fourth-order valence-electron chi connectivity index (χ4n) is 1.68. The zero-order valence-corrected chi connectivity index (χ0v) is 11.5. The van der Waals surface area contributed by atoms with Crippen LogP contribution in [0.1, 0.15) is 11.1 Å². The molecule has 8 heteroatoms. The molecule has 0 spiro atoms. The van der Waals surface area contributed by atoms with E-state index in [-0.39, 0.29) is 5.84 Å². The Kier molecular flexibility index (Phi) is 4.91. The Morgan fingerprint density at radius 3 is 3.00 bits per heavy atom. The molecule has 7 nitrogen and oxygen atoms in total. The molecule has 20 heavy (non-hydrogen) atoms. The van der Waals surface area contributed by atoms with Crippen LogP contribution in [0.4, 0.5) is 0 Å². The molecule has 1 aromatic heterocycles. The summed E-state index contributed by atoms with van der Waals surface area (Å²) in [5.41, 5.74) is 7.03. The van der Waals surface area contributed by atoms with Crippen LogP contribution in [0.2, 0.25) is 5.02 Å². The minimum atomic E-state index is 0.0394. The van der Waals surface area contributed by atoms with Crippen molar-refractivity contribution in [2.45, 2.75) is 13.1 Å². The zero-order valence-electron chi connectivity index (χ0n) is 10.7. The van der Waals surface area contributed by atoms with Gasteiger partial charge in [0.05, 0.1) is 12.7 Å². The van der Waals surface area contributed by atoms with Gasteiger partial charge in [0.25, 0.3) is 0 Å². The van der Waals surface area contributed by atoms with Crippen LogP contribution in [-0.2, 0) is 13.1 Å². The summed E-state index contributed by atoms with van der Waals surface area (Å²) in [6.07, 6.45) is 3.45. The first kappa shape index (κ1) is 14.3. The average Bonchev–Trinajstić information content (AvgIpc) is 2.97. The smallest absolute Gasteiger partial charge is 0.170 e. The molecule has 0 amide bonds. The first-order chi connectivity index (χ1) is 9.70. The number of amidine groups is 1. The lowest BCUT2D eigenvalue weighted by molar-refractivity contribution is 0.318. The summed E-state index contributed by atoms with van der Waals surface area (Å²) in [5, 5.41) is 23.0. The first-order valence-electron chi connectivity index (χ1n) is 6.02. The van der Waals surface area contributed by atoms with E-state index in [4.69, 9.17) is 22.5 Å². The van der Waals surface area contributed by atoms with Gasteiger partial charge in [-0.25, -0.2) is 0 Å². The topological polar surface area (TPSA) is 101 Å². The summed E-state index contributed by atoms with van der Waals surface area (Å²) in [7, 11) is 0. The number of oxime groups is 1. The number of aromatic nitrogens is 3. The van der Waals surface area contributed by atoms with E-state index in [1.54, 1.807) is 29.2 Å². The Morgan fingerprint density at radius 2 is 2.35 bits per heavy atom. The van der Waals surface area contributed by atoms with Crippen molar-refractivity contribution in [1.29, 1.82) is 0 Å². The number of benzene rings is 1. The fraction of sp³-hybridized carbons (Fsp3) is 0.250. The van der Waals surface area contributed by atoms with Crippen molar-refractivity contribution in [2.75, 3.05) is 6.54 Å². The van der Waals surface area contributed by atoms with Crippen molar-refractivity contribution >= 4 is 17.4 Å². The van der Waals surface area contributed by atoms with Gasteiger partial charge in [-0.15, -0.1) is 5.10 Å². The maximum Gasteiger partial charge on any atom is 0.170 e. The monoisotopic (exact) mass is 294 g/mol. The van der Waals surface area contributed by atoms with Crippen molar-refractivity contribution in [3.8, 4) is 0 Å². The number of rotatable bonds is 6. The highest BCUT2D eigenvalue weighted by Gasteiger charge is 2.05. The molecule has 0 aliphatic heterocycles. The molecule has 0 saturated heterocycles. The normalized spacial score (nSPS) is 11.8. The van der Waals surface area contributed by atoms with E-state index in [0.717, 1.165) is 18.7 Å². The summed E-state index contributed by atoms with van der Waals surface area (Å²) in [5.74, 6) is 0.0394. The van der Waals surface area contributed by atoms with Gasteiger partial charge in [-0.05, 0) is 11.6 Å². The van der Waals surface area contributed by atoms with Gasteiger partial charge in [0, 0.05) is 29.9 Å². The van der Waals surface area contributed by atoms with Crippen LogP contribution in [0.5, 0.6) is 0 Å². The highest BCUT2D eigenvalue weighted by molar-refractivity contribution is 6.31. The third-order valence-electron chi connectivity index (χ3n) is 2.76. The molecule has 1 aromatic carbocycles. The molecular weight excluding hydrogens is 280 g/mol. The lowest BCUT2D eigenvalue weighted by atomic mass is 10.1. The molecule has 0 bridgehead atoms.